The number of nitrogens with zero attached hydrogens (tertiary/aromatic N) is 4. The van der Waals surface area contributed by atoms with Crippen molar-refractivity contribution in [1.29, 1.82) is 0 Å². The van der Waals surface area contributed by atoms with E-state index < -0.39 is 5.41 Å². The summed E-state index contributed by atoms with van der Waals surface area (Å²) >= 11 is 0. The summed E-state index contributed by atoms with van der Waals surface area (Å²) in [6, 6.07) is 7.74. The lowest BCUT2D eigenvalue weighted by molar-refractivity contribution is -0.143. The van der Waals surface area contributed by atoms with Crippen molar-refractivity contribution in [3.05, 3.63) is 35.7 Å². The lowest BCUT2D eigenvalue weighted by Gasteiger charge is -2.30. The van der Waals surface area contributed by atoms with Crippen LogP contribution in [0.4, 0.5) is 17.6 Å². The number of carbonyl (C=O) groups excluding carboxylic acids is 2. The molecule has 0 atom stereocenters. The number of likely N-dealkylation sites (tertiary alicyclic amines) is 1. The summed E-state index contributed by atoms with van der Waals surface area (Å²) < 4.78 is 0. The number of benzene rings is 1. The second-order valence-electron chi connectivity index (χ2n) is 7.68. The third-order valence-corrected chi connectivity index (χ3v) is 5.69. The maximum Gasteiger partial charge on any atom is 0.236 e. The van der Waals surface area contributed by atoms with Crippen molar-refractivity contribution in [2.24, 2.45) is 5.41 Å². The van der Waals surface area contributed by atoms with Crippen LogP contribution in [0.1, 0.15) is 49.9 Å². The van der Waals surface area contributed by atoms with Gasteiger partial charge in [-0.05, 0) is 31.4 Å². The van der Waals surface area contributed by atoms with Crippen LogP contribution in [-0.2, 0) is 16.1 Å². The van der Waals surface area contributed by atoms with Gasteiger partial charge in [-0.1, -0.05) is 37.5 Å². The van der Waals surface area contributed by atoms with Crippen LogP contribution in [0.15, 0.2) is 24.3 Å². The zero-order valence-corrected chi connectivity index (χ0v) is 15.9. The van der Waals surface area contributed by atoms with Crippen LogP contribution in [0.25, 0.3) is 0 Å². The summed E-state index contributed by atoms with van der Waals surface area (Å²) in [4.78, 5) is 39.5. The number of para-hydroxylation sites is 1. The Balaban J connectivity index is 1.55. The highest BCUT2D eigenvalue weighted by Crippen LogP contribution is 2.45. The average molecular weight is 380 g/mol. The normalized spacial score (nSPS) is 18.7. The Morgan fingerprint density at radius 2 is 1.86 bits per heavy atom. The first-order valence-electron chi connectivity index (χ1n) is 9.65. The molecule has 2 aromatic rings. The van der Waals surface area contributed by atoms with E-state index in [1.807, 2.05) is 31.2 Å². The van der Waals surface area contributed by atoms with Gasteiger partial charge in [0, 0.05) is 12.1 Å². The Kier molecular flexibility index (Phi) is 4.70. The molecular weight excluding hydrogens is 356 g/mol. The molecule has 2 heterocycles. The van der Waals surface area contributed by atoms with E-state index >= 15 is 0 Å². The number of hydrogen-bond acceptors (Lipinski definition) is 7. The maximum atomic E-state index is 13.0. The number of aryl methyl sites for hydroxylation is 1. The van der Waals surface area contributed by atoms with Gasteiger partial charge in [0.25, 0.3) is 0 Å². The standard InChI is InChI=1S/C20H24N6O2/c1-13-7-3-4-8-14(13)22-19-24-15(23-18(21)25-19)12-26-16(27)11-20(17(26)28)9-5-2-6-10-20/h3-4,7-8H,2,5-6,9-12H2,1H3,(H3,21,22,23,24,25). The van der Waals surface area contributed by atoms with Gasteiger partial charge in [0.05, 0.1) is 12.0 Å². The molecule has 0 radical (unpaired) electrons. The number of amides is 2. The lowest BCUT2D eigenvalue weighted by Crippen LogP contribution is -2.37. The van der Waals surface area contributed by atoms with Crippen LogP contribution in [0.2, 0.25) is 0 Å². The van der Waals surface area contributed by atoms with E-state index in [4.69, 9.17) is 5.73 Å². The van der Waals surface area contributed by atoms with Crippen molar-refractivity contribution in [1.82, 2.24) is 19.9 Å². The van der Waals surface area contributed by atoms with E-state index in [0.29, 0.717) is 18.2 Å². The van der Waals surface area contributed by atoms with Gasteiger partial charge >= 0.3 is 0 Å². The Morgan fingerprint density at radius 1 is 1.11 bits per heavy atom. The fourth-order valence-corrected chi connectivity index (χ4v) is 4.18. The molecule has 2 fully saturated rings. The maximum absolute atomic E-state index is 13.0. The molecule has 0 bridgehead atoms. The van der Waals surface area contributed by atoms with Gasteiger partial charge in [0.1, 0.15) is 0 Å². The van der Waals surface area contributed by atoms with Gasteiger partial charge < -0.3 is 11.1 Å². The summed E-state index contributed by atoms with van der Waals surface area (Å²) in [6.07, 6.45) is 4.98. The van der Waals surface area contributed by atoms with E-state index in [1.165, 1.54) is 4.90 Å². The number of aromatic nitrogens is 3. The number of nitrogens with two attached hydrogens (primary N) is 1. The Hall–Kier alpha value is -3.03. The molecule has 1 spiro atoms. The van der Waals surface area contributed by atoms with Crippen molar-refractivity contribution >= 4 is 29.4 Å². The molecule has 1 aromatic carbocycles. The van der Waals surface area contributed by atoms with Crippen molar-refractivity contribution in [3.63, 3.8) is 0 Å². The molecule has 1 aromatic heterocycles. The van der Waals surface area contributed by atoms with E-state index in [0.717, 1.165) is 43.4 Å². The molecule has 146 valence electrons. The van der Waals surface area contributed by atoms with E-state index in [1.54, 1.807) is 0 Å². The van der Waals surface area contributed by atoms with Crippen molar-refractivity contribution in [3.8, 4) is 0 Å². The smallest absolute Gasteiger partial charge is 0.236 e. The number of carbonyl (C=O) groups is 2. The zero-order valence-electron chi connectivity index (χ0n) is 15.9. The van der Waals surface area contributed by atoms with Gasteiger partial charge in [0.15, 0.2) is 5.82 Å². The predicted molar refractivity (Wildman–Crippen MR) is 104 cm³/mol. The molecule has 1 saturated heterocycles. The minimum atomic E-state index is -0.518. The van der Waals surface area contributed by atoms with Gasteiger partial charge in [0.2, 0.25) is 23.7 Å². The number of imide groups is 1. The van der Waals surface area contributed by atoms with E-state index in [-0.39, 0.29) is 24.3 Å². The first kappa shape index (κ1) is 18.3. The minimum Gasteiger partial charge on any atom is -0.368 e. The second kappa shape index (κ2) is 7.18. The molecule has 2 aliphatic rings. The number of nitrogen functional groups attached to an aromatic ring is 1. The molecular formula is C20H24N6O2. The first-order chi connectivity index (χ1) is 13.5. The quantitative estimate of drug-likeness (QED) is 0.784. The number of anilines is 3. The summed E-state index contributed by atoms with van der Waals surface area (Å²) in [5.41, 5.74) is 7.21. The van der Waals surface area contributed by atoms with Gasteiger partial charge in [-0.2, -0.15) is 15.0 Å². The van der Waals surface area contributed by atoms with Crippen LogP contribution in [-0.4, -0.2) is 31.7 Å². The van der Waals surface area contributed by atoms with Crippen molar-refractivity contribution < 1.29 is 9.59 Å². The van der Waals surface area contributed by atoms with E-state index in [9.17, 15) is 9.59 Å². The van der Waals surface area contributed by atoms with Crippen LogP contribution < -0.4 is 11.1 Å². The van der Waals surface area contributed by atoms with Crippen molar-refractivity contribution in [2.75, 3.05) is 11.1 Å². The molecule has 0 unspecified atom stereocenters. The minimum absolute atomic E-state index is 0.0224. The molecule has 1 aliphatic carbocycles. The Bertz CT molecular complexity index is 923. The monoisotopic (exact) mass is 380 g/mol. The fraction of sp³-hybridized carbons (Fsp3) is 0.450. The molecule has 8 nitrogen and oxygen atoms in total. The highest BCUT2D eigenvalue weighted by Gasteiger charge is 2.51. The number of nitrogens with one attached hydrogen (secondary N) is 1. The summed E-state index contributed by atoms with van der Waals surface area (Å²) in [6.45, 7) is 1.99. The second-order valence-corrected chi connectivity index (χ2v) is 7.68. The largest absolute Gasteiger partial charge is 0.368 e. The summed E-state index contributed by atoms with van der Waals surface area (Å²) in [5, 5.41) is 3.13. The SMILES string of the molecule is Cc1ccccc1Nc1nc(N)nc(CN2C(=O)CC3(CCCCC3)C2=O)n1. The van der Waals surface area contributed by atoms with Gasteiger partial charge in [-0.3, -0.25) is 14.5 Å². The third-order valence-electron chi connectivity index (χ3n) is 5.69. The molecule has 3 N–H and O–H groups in total. The van der Waals surface area contributed by atoms with E-state index in [2.05, 4.69) is 20.3 Å². The first-order valence-corrected chi connectivity index (χ1v) is 9.65. The van der Waals surface area contributed by atoms with Crippen LogP contribution in [0.5, 0.6) is 0 Å². The van der Waals surface area contributed by atoms with Crippen LogP contribution in [0.3, 0.4) is 0 Å². The lowest BCUT2D eigenvalue weighted by atomic mass is 9.73. The topological polar surface area (TPSA) is 114 Å². The average Bonchev–Trinajstić information content (AvgIpc) is 2.88. The van der Waals surface area contributed by atoms with Gasteiger partial charge in [-0.15, -0.1) is 0 Å². The van der Waals surface area contributed by atoms with Crippen LogP contribution in [0, 0.1) is 12.3 Å². The predicted octanol–water partition coefficient (Wildman–Crippen LogP) is 2.72. The molecule has 1 saturated carbocycles. The number of rotatable bonds is 4. The summed E-state index contributed by atoms with van der Waals surface area (Å²) in [5.74, 6) is 0.401. The fourth-order valence-electron chi connectivity index (χ4n) is 4.18. The Morgan fingerprint density at radius 3 is 2.61 bits per heavy atom. The van der Waals surface area contributed by atoms with Gasteiger partial charge in [-0.25, -0.2) is 0 Å². The zero-order chi connectivity index (χ0) is 19.7. The molecule has 2 amide bonds. The van der Waals surface area contributed by atoms with Crippen LogP contribution >= 0.6 is 0 Å². The molecule has 8 heteroatoms. The van der Waals surface area contributed by atoms with Crippen molar-refractivity contribution in [2.45, 2.75) is 52.0 Å². The molecule has 1 aliphatic heterocycles. The highest BCUT2D eigenvalue weighted by atomic mass is 16.2. The highest BCUT2D eigenvalue weighted by molar-refractivity contribution is 6.05. The molecule has 28 heavy (non-hydrogen) atoms. The summed E-state index contributed by atoms with van der Waals surface area (Å²) in [7, 11) is 0. The third kappa shape index (κ3) is 3.42. The molecule has 4 rings (SSSR count). The number of hydrogen-bond donors (Lipinski definition) is 2. The Labute approximate surface area is 163 Å².